The minimum Gasteiger partial charge on any atom is -0.481 e. The lowest BCUT2D eigenvalue weighted by molar-refractivity contribution is -0.144. The smallest absolute Gasteiger partial charge is 0.303 e. The van der Waals surface area contributed by atoms with Gasteiger partial charge in [-0.3, -0.25) is 19.2 Å². The van der Waals surface area contributed by atoms with Gasteiger partial charge in [-0.25, -0.2) is 4.98 Å². The van der Waals surface area contributed by atoms with Crippen LogP contribution in [0.2, 0.25) is 0 Å². The summed E-state index contributed by atoms with van der Waals surface area (Å²) in [7, 11) is 2.05. The predicted octanol–water partition coefficient (Wildman–Crippen LogP) is 5.57. The van der Waals surface area contributed by atoms with Crippen molar-refractivity contribution in [1.29, 1.82) is 0 Å². The molecule has 0 saturated carbocycles. The van der Waals surface area contributed by atoms with Crippen LogP contribution in [-0.4, -0.2) is 87.0 Å². The van der Waals surface area contributed by atoms with Gasteiger partial charge < -0.3 is 30.6 Å². The van der Waals surface area contributed by atoms with Gasteiger partial charge in [-0.05, 0) is 73.2 Å². The van der Waals surface area contributed by atoms with E-state index in [1.807, 2.05) is 64.5 Å². The van der Waals surface area contributed by atoms with Crippen LogP contribution < -0.4 is 10.6 Å². The van der Waals surface area contributed by atoms with Gasteiger partial charge in [0.15, 0.2) is 0 Å². The van der Waals surface area contributed by atoms with Gasteiger partial charge in [0.25, 0.3) is 0 Å². The maximum atomic E-state index is 13.9. The van der Waals surface area contributed by atoms with Crippen molar-refractivity contribution in [2.24, 2.45) is 11.3 Å². The summed E-state index contributed by atoms with van der Waals surface area (Å²) in [4.78, 5) is 60.4. The maximum absolute atomic E-state index is 13.9. The number of carboxylic acid groups (broad SMARTS) is 1. The van der Waals surface area contributed by atoms with E-state index in [1.165, 1.54) is 16.0 Å². The number of aliphatic hydroxyl groups is 1. The minimum absolute atomic E-state index is 0.0310. The standard InChI is InChI=1S/C41H57N5O6S/c1-27(11-20-36(49)50)23-45(6)24-31-14-12-29(13-15-31)9-7-8-10-35(48)44-38(41(3,4)5)40(52)46-25-33(47)21-34(46)39(51)42-22-30-16-18-32(19-17-30)37-28(2)43-26-53-37/h12-19,26-27,33-34,38,47H,7-11,20-25H2,1-6H3,(H,42,51)(H,44,48)(H,49,50)/t27-,33+,34-,38+/m0/s1. The van der Waals surface area contributed by atoms with Crippen molar-refractivity contribution in [1.82, 2.24) is 25.4 Å². The molecule has 4 atom stereocenters. The van der Waals surface area contributed by atoms with Crippen molar-refractivity contribution < 1.29 is 29.4 Å². The Morgan fingerprint density at radius 1 is 1.00 bits per heavy atom. The SMILES string of the molecule is Cc1ncsc1-c1ccc(CNC(=O)[C@@H]2C[C@@H](O)CN2C(=O)[C@@H](NC(=O)CCCCc2ccc(CN(C)C[C@@H](C)CCC(=O)O)cc2)C(C)(C)C)cc1. The number of rotatable bonds is 18. The van der Waals surface area contributed by atoms with E-state index in [-0.39, 0.29) is 50.1 Å². The molecule has 1 fully saturated rings. The van der Waals surface area contributed by atoms with Crippen LogP contribution in [0, 0.1) is 18.3 Å². The number of aliphatic carboxylic acids is 1. The fraction of sp³-hybridized carbons (Fsp3) is 0.537. The number of likely N-dealkylation sites (tertiary alicyclic amines) is 1. The Hall–Kier alpha value is -4.13. The minimum atomic E-state index is -0.857. The summed E-state index contributed by atoms with van der Waals surface area (Å²) >= 11 is 1.58. The Morgan fingerprint density at radius 2 is 1.66 bits per heavy atom. The number of unbranched alkanes of at least 4 members (excludes halogenated alkanes) is 1. The van der Waals surface area contributed by atoms with E-state index in [4.69, 9.17) is 5.11 Å². The van der Waals surface area contributed by atoms with E-state index >= 15 is 0 Å². The topological polar surface area (TPSA) is 152 Å². The molecule has 4 rings (SSSR count). The van der Waals surface area contributed by atoms with Gasteiger partial charge in [0.05, 0.1) is 22.2 Å². The number of carboxylic acids is 1. The third-order valence-electron chi connectivity index (χ3n) is 9.78. The number of nitrogens with one attached hydrogen (secondary N) is 2. The van der Waals surface area contributed by atoms with Crippen LogP contribution in [-0.2, 0) is 38.7 Å². The van der Waals surface area contributed by atoms with Crippen molar-refractivity contribution in [2.75, 3.05) is 20.1 Å². The number of thiazole rings is 1. The first-order valence-electron chi connectivity index (χ1n) is 18.6. The van der Waals surface area contributed by atoms with Crippen LogP contribution in [0.4, 0.5) is 0 Å². The molecule has 1 aliphatic heterocycles. The third-order valence-corrected chi connectivity index (χ3v) is 10.8. The lowest BCUT2D eigenvalue weighted by Gasteiger charge is -2.35. The quantitative estimate of drug-likeness (QED) is 0.123. The Kier molecular flexibility index (Phi) is 15.1. The molecule has 0 spiro atoms. The van der Waals surface area contributed by atoms with Gasteiger partial charge in [-0.15, -0.1) is 11.3 Å². The number of amides is 3. The van der Waals surface area contributed by atoms with Crippen LogP contribution in [0.3, 0.4) is 0 Å². The van der Waals surface area contributed by atoms with Crippen LogP contribution in [0.15, 0.2) is 54.0 Å². The molecule has 2 heterocycles. The van der Waals surface area contributed by atoms with Gasteiger partial charge in [0.2, 0.25) is 17.7 Å². The molecule has 0 unspecified atom stereocenters. The van der Waals surface area contributed by atoms with Gasteiger partial charge in [0.1, 0.15) is 12.1 Å². The summed E-state index contributed by atoms with van der Waals surface area (Å²) in [5, 5.41) is 25.3. The van der Waals surface area contributed by atoms with Crippen LogP contribution in [0.1, 0.15) is 88.6 Å². The molecule has 0 aliphatic carbocycles. The van der Waals surface area contributed by atoms with Crippen molar-refractivity contribution in [3.05, 3.63) is 76.4 Å². The number of hydrogen-bond acceptors (Lipinski definition) is 8. The van der Waals surface area contributed by atoms with E-state index in [0.29, 0.717) is 18.8 Å². The number of carbonyl (C=O) groups is 4. The highest BCUT2D eigenvalue weighted by atomic mass is 32.1. The summed E-state index contributed by atoms with van der Waals surface area (Å²) in [5.74, 6) is -1.37. The highest BCUT2D eigenvalue weighted by molar-refractivity contribution is 7.13. The number of aromatic nitrogens is 1. The largest absolute Gasteiger partial charge is 0.481 e. The van der Waals surface area contributed by atoms with E-state index in [9.17, 15) is 24.3 Å². The number of hydrogen-bond donors (Lipinski definition) is 4. The summed E-state index contributed by atoms with van der Waals surface area (Å²) in [5.41, 5.74) is 6.54. The van der Waals surface area contributed by atoms with Gasteiger partial charge in [-0.2, -0.15) is 0 Å². The van der Waals surface area contributed by atoms with Gasteiger partial charge in [-0.1, -0.05) is 76.2 Å². The normalized spacial score (nSPS) is 17.1. The zero-order valence-electron chi connectivity index (χ0n) is 32.1. The number of aryl methyl sites for hydroxylation is 2. The summed E-state index contributed by atoms with van der Waals surface area (Å²) in [6.07, 6.45) is 2.74. The molecule has 2 aromatic carbocycles. The predicted molar refractivity (Wildman–Crippen MR) is 208 cm³/mol. The second-order valence-corrected chi connectivity index (χ2v) is 16.6. The summed E-state index contributed by atoms with van der Waals surface area (Å²) < 4.78 is 0. The van der Waals surface area contributed by atoms with Crippen LogP contribution in [0.25, 0.3) is 10.4 Å². The highest BCUT2D eigenvalue weighted by Gasteiger charge is 2.44. The molecule has 1 saturated heterocycles. The molecular formula is C41H57N5O6S. The molecule has 12 heteroatoms. The molecule has 3 aromatic rings. The Bertz CT molecular complexity index is 1670. The molecule has 53 heavy (non-hydrogen) atoms. The average molecular weight is 748 g/mol. The molecule has 0 radical (unpaired) electrons. The number of β-amino-alcohol motifs (C(OH)–C–C–N with tert-alkyl or cyclic N) is 1. The van der Waals surface area contributed by atoms with Crippen molar-refractivity contribution >= 4 is 35.0 Å². The van der Waals surface area contributed by atoms with Gasteiger partial charge >= 0.3 is 5.97 Å². The Balaban J connectivity index is 1.23. The van der Waals surface area contributed by atoms with E-state index in [2.05, 4.69) is 51.7 Å². The van der Waals surface area contributed by atoms with Crippen LogP contribution in [0.5, 0.6) is 0 Å². The molecule has 11 nitrogen and oxygen atoms in total. The zero-order valence-corrected chi connectivity index (χ0v) is 32.9. The summed E-state index contributed by atoms with van der Waals surface area (Å²) in [6.45, 7) is 11.6. The van der Waals surface area contributed by atoms with Gasteiger partial charge in [0, 0.05) is 45.4 Å². The molecule has 1 aliphatic rings. The van der Waals surface area contributed by atoms with E-state index in [0.717, 1.165) is 47.6 Å². The third kappa shape index (κ3) is 12.8. The molecular weight excluding hydrogens is 691 g/mol. The van der Waals surface area contributed by atoms with Crippen LogP contribution >= 0.6 is 11.3 Å². The number of nitrogens with zero attached hydrogens (tertiary/aromatic N) is 3. The maximum Gasteiger partial charge on any atom is 0.303 e. The fourth-order valence-electron chi connectivity index (χ4n) is 6.81. The summed E-state index contributed by atoms with van der Waals surface area (Å²) in [6, 6.07) is 14.7. The number of benzene rings is 2. The second-order valence-electron chi connectivity index (χ2n) is 15.7. The van der Waals surface area contributed by atoms with E-state index in [1.54, 1.807) is 11.3 Å². The first-order valence-corrected chi connectivity index (χ1v) is 19.5. The monoisotopic (exact) mass is 747 g/mol. The Labute approximate surface area is 318 Å². The molecule has 4 N–H and O–H groups in total. The van der Waals surface area contributed by atoms with Crippen molar-refractivity contribution in [2.45, 2.75) is 111 Å². The average Bonchev–Trinajstić information content (AvgIpc) is 3.72. The molecule has 3 amide bonds. The molecule has 1 aromatic heterocycles. The fourth-order valence-corrected chi connectivity index (χ4v) is 7.62. The zero-order chi connectivity index (χ0) is 38.7. The van der Waals surface area contributed by atoms with Crippen molar-refractivity contribution in [3.63, 3.8) is 0 Å². The molecule has 288 valence electrons. The number of aliphatic hydroxyl groups excluding tert-OH is 1. The first kappa shape index (κ1) is 41.6. The molecule has 0 bridgehead atoms. The first-order chi connectivity index (χ1) is 25.1. The number of carbonyl (C=O) groups excluding carboxylic acids is 3. The second kappa shape index (κ2) is 19.3. The lowest BCUT2D eigenvalue weighted by atomic mass is 9.85. The highest BCUT2D eigenvalue weighted by Crippen LogP contribution is 2.28. The van der Waals surface area contributed by atoms with E-state index < -0.39 is 29.6 Å². The lowest BCUT2D eigenvalue weighted by Crippen LogP contribution is -2.57. The Morgan fingerprint density at radius 3 is 2.28 bits per heavy atom. The van der Waals surface area contributed by atoms with Crippen molar-refractivity contribution in [3.8, 4) is 10.4 Å².